The van der Waals surface area contributed by atoms with E-state index in [4.69, 9.17) is 14.6 Å². The van der Waals surface area contributed by atoms with Crippen LogP contribution in [-0.4, -0.2) is 37.9 Å². The molecule has 0 aliphatic carbocycles. The molecule has 1 unspecified atom stereocenters. The van der Waals surface area contributed by atoms with Crippen LogP contribution in [-0.2, 0) is 0 Å². The van der Waals surface area contributed by atoms with E-state index >= 15 is 0 Å². The van der Waals surface area contributed by atoms with Crippen molar-refractivity contribution in [1.29, 1.82) is 0 Å². The summed E-state index contributed by atoms with van der Waals surface area (Å²) >= 11 is 0. The lowest BCUT2D eigenvalue weighted by atomic mass is 10.1. The first-order valence-electron chi connectivity index (χ1n) is 5.76. The Morgan fingerprint density at radius 2 is 1.89 bits per heavy atom. The Labute approximate surface area is 107 Å². The van der Waals surface area contributed by atoms with Gasteiger partial charge in [0, 0.05) is 12.6 Å². The summed E-state index contributed by atoms with van der Waals surface area (Å²) in [5.41, 5.74) is 0.368. The second-order valence-electron chi connectivity index (χ2n) is 3.92. The second kappa shape index (κ2) is 6.86. The largest absolute Gasteiger partial charge is 0.496 e. The third kappa shape index (κ3) is 3.37. The summed E-state index contributed by atoms with van der Waals surface area (Å²) in [5.74, 6) is 0.649. The van der Waals surface area contributed by atoms with Gasteiger partial charge in [-0.2, -0.15) is 0 Å². The third-order valence-electron chi connectivity index (χ3n) is 2.59. The molecule has 0 fully saturated rings. The van der Waals surface area contributed by atoms with Crippen LogP contribution in [0.3, 0.4) is 0 Å². The van der Waals surface area contributed by atoms with Gasteiger partial charge in [-0.05, 0) is 25.5 Å². The van der Waals surface area contributed by atoms with Crippen LogP contribution in [0, 0.1) is 0 Å². The van der Waals surface area contributed by atoms with E-state index in [2.05, 4.69) is 5.32 Å². The number of ether oxygens (including phenoxy) is 2. The molecule has 5 heteroatoms. The molecule has 1 rings (SSSR count). The maximum Gasteiger partial charge on any atom is 0.259 e. The molecule has 0 spiro atoms. The van der Waals surface area contributed by atoms with E-state index in [1.165, 1.54) is 14.2 Å². The van der Waals surface area contributed by atoms with E-state index in [0.29, 0.717) is 23.5 Å². The van der Waals surface area contributed by atoms with Crippen LogP contribution in [0.15, 0.2) is 18.2 Å². The van der Waals surface area contributed by atoms with E-state index in [0.717, 1.165) is 0 Å². The van der Waals surface area contributed by atoms with Gasteiger partial charge in [0.2, 0.25) is 0 Å². The zero-order chi connectivity index (χ0) is 13.5. The van der Waals surface area contributed by atoms with Gasteiger partial charge in [0.1, 0.15) is 17.1 Å². The first-order valence-corrected chi connectivity index (χ1v) is 5.76. The summed E-state index contributed by atoms with van der Waals surface area (Å²) in [6.07, 6.45) is 0.503. The minimum Gasteiger partial charge on any atom is -0.496 e. The highest BCUT2D eigenvalue weighted by atomic mass is 16.5. The van der Waals surface area contributed by atoms with Crippen molar-refractivity contribution < 1.29 is 19.4 Å². The molecule has 0 aliphatic heterocycles. The standard InChI is InChI=1S/C13H19NO4/c1-9(7-8-15)14-13(16)12-10(17-2)5-4-6-11(12)18-3/h4-6,9,15H,7-8H2,1-3H3,(H,14,16). The molecule has 0 heterocycles. The Morgan fingerprint density at radius 1 is 1.33 bits per heavy atom. The number of amides is 1. The van der Waals surface area contributed by atoms with Crippen LogP contribution in [0.25, 0.3) is 0 Å². The fourth-order valence-corrected chi connectivity index (χ4v) is 1.64. The molecule has 1 amide bonds. The smallest absolute Gasteiger partial charge is 0.259 e. The van der Waals surface area contributed by atoms with Gasteiger partial charge in [-0.25, -0.2) is 0 Å². The van der Waals surface area contributed by atoms with Crippen molar-refractivity contribution in [3.8, 4) is 11.5 Å². The normalized spacial score (nSPS) is 11.8. The number of nitrogens with one attached hydrogen (secondary N) is 1. The number of carbonyl (C=O) groups excluding carboxylic acids is 1. The lowest BCUT2D eigenvalue weighted by Crippen LogP contribution is -2.33. The molecule has 5 nitrogen and oxygen atoms in total. The molecule has 18 heavy (non-hydrogen) atoms. The zero-order valence-corrected chi connectivity index (χ0v) is 10.9. The molecule has 1 aromatic rings. The Balaban J connectivity index is 2.96. The van der Waals surface area contributed by atoms with Gasteiger partial charge < -0.3 is 19.9 Å². The molecule has 1 atom stereocenters. The van der Waals surface area contributed by atoms with Gasteiger partial charge in [-0.15, -0.1) is 0 Å². The van der Waals surface area contributed by atoms with Crippen molar-refractivity contribution in [2.45, 2.75) is 19.4 Å². The molecule has 100 valence electrons. The van der Waals surface area contributed by atoms with Crippen LogP contribution < -0.4 is 14.8 Å². The summed E-state index contributed by atoms with van der Waals surface area (Å²) < 4.78 is 10.3. The van der Waals surface area contributed by atoms with E-state index in [9.17, 15) is 4.79 Å². The van der Waals surface area contributed by atoms with Gasteiger partial charge in [-0.1, -0.05) is 6.07 Å². The van der Waals surface area contributed by atoms with Gasteiger partial charge >= 0.3 is 0 Å². The predicted molar refractivity (Wildman–Crippen MR) is 68.2 cm³/mol. The van der Waals surface area contributed by atoms with Gasteiger partial charge in [0.25, 0.3) is 5.91 Å². The summed E-state index contributed by atoms with van der Waals surface area (Å²) in [5, 5.41) is 11.6. The Bertz CT molecular complexity index is 384. The van der Waals surface area contributed by atoms with E-state index in [-0.39, 0.29) is 18.6 Å². The predicted octanol–water partition coefficient (Wildman–Crippen LogP) is 1.20. The fraction of sp³-hybridized carbons (Fsp3) is 0.462. The summed E-state index contributed by atoms with van der Waals surface area (Å²) in [6, 6.07) is 5.05. The quantitative estimate of drug-likeness (QED) is 0.799. The van der Waals surface area contributed by atoms with Crippen molar-refractivity contribution in [3.05, 3.63) is 23.8 Å². The highest BCUT2D eigenvalue weighted by molar-refractivity contribution is 5.99. The van der Waals surface area contributed by atoms with Gasteiger partial charge in [0.15, 0.2) is 0 Å². The molecule has 1 aromatic carbocycles. The number of benzene rings is 1. The maximum absolute atomic E-state index is 12.1. The highest BCUT2D eigenvalue weighted by Gasteiger charge is 2.19. The second-order valence-corrected chi connectivity index (χ2v) is 3.92. The fourth-order valence-electron chi connectivity index (χ4n) is 1.64. The van der Waals surface area contributed by atoms with E-state index < -0.39 is 0 Å². The van der Waals surface area contributed by atoms with Crippen LogP contribution >= 0.6 is 0 Å². The SMILES string of the molecule is COc1cccc(OC)c1C(=O)NC(C)CCO. The molecular weight excluding hydrogens is 234 g/mol. The monoisotopic (exact) mass is 253 g/mol. The Morgan fingerprint density at radius 3 is 2.33 bits per heavy atom. The molecule has 0 aromatic heterocycles. The average molecular weight is 253 g/mol. The summed E-state index contributed by atoms with van der Waals surface area (Å²) in [4.78, 5) is 12.1. The highest BCUT2D eigenvalue weighted by Crippen LogP contribution is 2.28. The minimum atomic E-state index is -0.273. The number of aliphatic hydroxyl groups is 1. The van der Waals surface area contributed by atoms with Crippen molar-refractivity contribution in [3.63, 3.8) is 0 Å². The van der Waals surface area contributed by atoms with E-state index in [1.807, 2.05) is 6.92 Å². The summed E-state index contributed by atoms with van der Waals surface area (Å²) in [6.45, 7) is 1.86. The van der Waals surface area contributed by atoms with Crippen molar-refractivity contribution >= 4 is 5.91 Å². The number of hydrogen-bond donors (Lipinski definition) is 2. The third-order valence-corrected chi connectivity index (χ3v) is 2.59. The van der Waals surface area contributed by atoms with E-state index in [1.54, 1.807) is 18.2 Å². The lowest BCUT2D eigenvalue weighted by Gasteiger charge is -2.16. The molecule has 0 saturated carbocycles. The average Bonchev–Trinajstić information content (AvgIpc) is 2.37. The Kier molecular flexibility index (Phi) is 5.45. The molecule has 0 aliphatic rings. The number of methoxy groups -OCH3 is 2. The number of carbonyl (C=O) groups is 1. The molecule has 0 radical (unpaired) electrons. The first-order chi connectivity index (χ1) is 8.63. The zero-order valence-electron chi connectivity index (χ0n) is 10.9. The Hall–Kier alpha value is -1.75. The van der Waals surface area contributed by atoms with Gasteiger partial charge in [0.05, 0.1) is 14.2 Å². The maximum atomic E-state index is 12.1. The van der Waals surface area contributed by atoms with Crippen molar-refractivity contribution in [2.75, 3.05) is 20.8 Å². The molecular formula is C13H19NO4. The number of hydrogen-bond acceptors (Lipinski definition) is 4. The van der Waals surface area contributed by atoms with Crippen molar-refractivity contribution in [1.82, 2.24) is 5.32 Å². The van der Waals surface area contributed by atoms with Gasteiger partial charge in [-0.3, -0.25) is 4.79 Å². The van der Waals surface area contributed by atoms with Crippen LogP contribution in [0.5, 0.6) is 11.5 Å². The van der Waals surface area contributed by atoms with Crippen LogP contribution in [0.2, 0.25) is 0 Å². The molecule has 0 bridgehead atoms. The number of rotatable bonds is 6. The first kappa shape index (κ1) is 14.3. The van der Waals surface area contributed by atoms with Crippen molar-refractivity contribution in [2.24, 2.45) is 0 Å². The summed E-state index contributed by atoms with van der Waals surface area (Å²) in [7, 11) is 3.01. The topological polar surface area (TPSA) is 67.8 Å². The molecule has 2 N–H and O–H groups in total. The lowest BCUT2D eigenvalue weighted by molar-refractivity contribution is 0.0928. The molecule has 0 saturated heterocycles. The van der Waals surface area contributed by atoms with Crippen LogP contribution in [0.1, 0.15) is 23.7 Å². The number of aliphatic hydroxyl groups excluding tert-OH is 1. The van der Waals surface area contributed by atoms with Crippen LogP contribution in [0.4, 0.5) is 0 Å². The minimum absolute atomic E-state index is 0.0322.